The molecule has 0 saturated carbocycles. The zero-order chi connectivity index (χ0) is 10.7. The van der Waals surface area contributed by atoms with Crippen LogP contribution in [0.3, 0.4) is 0 Å². The van der Waals surface area contributed by atoms with Gasteiger partial charge in [0.15, 0.2) is 0 Å². The van der Waals surface area contributed by atoms with E-state index in [1.807, 2.05) is 19.1 Å². The number of hydrogen-bond donors (Lipinski definition) is 1. The van der Waals surface area contributed by atoms with Crippen LogP contribution in [0.4, 0.5) is 5.69 Å². The average molecular weight is 277 g/mol. The molecule has 1 aromatic rings. The Balaban J connectivity index is 2.78. The maximum Gasteiger partial charge on any atom is 0.237 e. The molecule has 2 nitrogen and oxygen atoms in total. The first-order chi connectivity index (χ1) is 6.50. The van der Waals surface area contributed by atoms with Gasteiger partial charge in [0.2, 0.25) is 5.91 Å². The fraction of sp³-hybridized carbons (Fsp3) is 0.300. The molecule has 0 aromatic heterocycles. The topological polar surface area (TPSA) is 29.1 Å². The number of nitrogens with one attached hydrogen (secondary N) is 1. The second kappa shape index (κ2) is 4.80. The maximum atomic E-state index is 11.3. The van der Waals surface area contributed by atoms with Crippen molar-refractivity contribution in [1.29, 1.82) is 0 Å². The second-order valence-electron chi connectivity index (χ2n) is 3.07. The predicted molar refractivity (Wildman–Crippen MR) is 63.2 cm³/mol. The standard InChI is InChI=1S/C10H11BrClNO/c1-6-3-4-8(5-9(6)12)13-10(14)7(2)11/h3-5,7H,1-2H3,(H,13,14)/t7-/m0/s1. The summed E-state index contributed by atoms with van der Waals surface area (Å²) in [5.41, 5.74) is 1.72. The summed E-state index contributed by atoms with van der Waals surface area (Å²) in [5.74, 6) is -0.0788. The van der Waals surface area contributed by atoms with Crippen LogP contribution in [0, 0.1) is 6.92 Å². The number of aryl methyl sites for hydroxylation is 1. The van der Waals surface area contributed by atoms with E-state index in [9.17, 15) is 4.79 Å². The number of hydrogen-bond acceptors (Lipinski definition) is 1. The average Bonchev–Trinajstić information content (AvgIpc) is 2.11. The van der Waals surface area contributed by atoms with Gasteiger partial charge in [0, 0.05) is 10.7 Å². The quantitative estimate of drug-likeness (QED) is 0.825. The lowest BCUT2D eigenvalue weighted by Crippen LogP contribution is -2.19. The molecule has 1 amide bonds. The zero-order valence-corrected chi connectivity index (χ0v) is 10.3. The van der Waals surface area contributed by atoms with E-state index in [0.29, 0.717) is 5.02 Å². The van der Waals surface area contributed by atoms with Crippen molar-refractivity contribution in [1.82, 2.24) is 0 Å². The van der Waals surface area contributed by atoms with E-state index in [2.05, 4.69) is 21.2 Å². The first kappa shape index (κ1) is 11.5. The van der Waals surface area contributed by atoms with Gasteiger partial charge in [0.25, 0.3) is 0 Å². The van der Waals surface area contributed by atoms with Gasteiger partial charge < -0.3 is 5.32 Å². The van der Waals surface area contributed by atoms with Gasteiger partial charge in [-0.2, -0.15) is 0 Å². The van der Waals surface area contributed by atoms with E-state index in [-0.39, 0.29) is 10.7 Å². The third-order valence-electron chi connectivity index (χ3n) is 1.80. The fourth-order valence-corrected chi connectivity index (χ4v) is 1.21. The van der Waals surface area contributed by atoms with Crippen molar-refractivity contribution in [2.75, 3.05) is 5.32 Å². The summed E-state index contributed by atoms with van der Waals surface area (Å²) >= 11 is 9.10. The molecule has 0 spiro atoms. The highest BCUT2D eigenvalue weighted by Gasteiger charge is 2.08. The van der Waals surface area contributed by atoms with E-state index in [4.69, 9.17) is 11.6 Å². The minimum absolute atomic E-state index is 0.0788. The number of carbonyl (C=O) groups excluding carboxylic acids is 1. The molecule has 0 aliphatic rings. The van der Waals surface area contributed by atoms with Gasteiger partial charge in [-0.25, -0.2) is 0 Å². The molecule has 0 radical (unpaired) electrons. The van der Waals surface area contributed by atoms with Gasteiger partial charge in [0.1, 0.15) is 0 Å². The van der Waals surface area contributed by atoms with Crippen molar-refractivity contribution in [2.24, 2.45) is 0 Å². The molecular weight excluding hydrogens is 265 g/mol. The lowest BCUT2D eigenvalue weighted by Gasteiger charge is -2.07. The summed E-state index contributed by atoms with van der Waals surface area (Å²) in [6.45, 7) is 3.69. The number of amides is 1. The second-order valence-corrected chi connectivity index (χ2v) is 4.85. The lowest BCUT2D eigenvalue weighted by atomic mass is 10.2. The summed E-state index contributed by atoms with van der Waals surface area (Å²) in [5, 5.41) is 3.40. The van der Waals surface area contributed by atoms with Crippen LogP contribution in [-0.4, -0.2) is 10.7 Å². The lowest BCUT2D eigenvalue weighted by molar-refractivity contribution is -0.115. The molecular formula is C10H11BrClNO. The van der Waals surface area contributed by atoms with E-state index in [1.54, 1.807) is 13.0 Å². The van der Waals surface area contributed by atoms with Gasteiger partial charge in [-0.05, 0) is 31.5 Å². The van der Waals surface area contributed by atoms with Crippen LogP contribution in [0.5, 0.6) is 0 Å². The monoisotopic (exact) mass is 275 g/mol. The van der Waals surface area contributed by atoms with E-state index >= 15 is 0 Å². The highest BCUT2D eigenvalue weighted by atomic mass is 79.9. The molecule has 0 heterocycles. The highest BCUT2D eigenvalue weighted by Crippen LogP contribution is 2.20. The molecule has 14 heavy (non-hydrogen) atoms. The summed E-state index contributed by atoms with van der Waals surface area (Å²) in [7, 11) is 0. The Morgan fingerprint density at radius 1 is 1.57 bits per heavy atom. The molecule has 0 aliphatic carbocycles. The smallest absolute Gasteiger partial charge is 0.237 e. The molecule has 1 rings (SSSR count). The first-order valence-electron chi connectivity index (χ1n) is 4.22. The molecule has 4 heteroatoms. The number of carbonyl (C=O) groups is 1. The van der Waals surface area contributed by atoms with Gasteiger partial charge in [0.05, 0.1) is 4.83 Å². The molecule has 1 N–H and O–H groups in total. The van der Waals surface area contributed by atoms with Crippen LogP contribution >= 0.6 is 27.5 Å². The Bertz CT molecular complexity index is 352. The van der Waals surface area contributed by atoms with Crippen LogP contribution in [-0.2, 0) is 4.79 Å². The third kappa shape index (κ3) is 3.00. The van der Waals surface area contributed by atoms with E-state index < -0.39 is 0 Å². The summed E-state index contributed by atoms with van der Waals surface area (Å²) in [6.07, 6.45) is 0. The van der Waals surface area contributed by atoms with Crippen molar-refractivity contribution in [3.8, 4) is 0 Å². The Morgan fingerprint density at radius 2 is 2.21 bits per heavy atom. The van der Waals surface area contributed by atoms with Gasteiger partial charge in [-0.3, -0.25) is 4.79 Å². The molecule has 76 valence electrons. The molecule has 1 atom stereocenters. The Kier molecular flexibility index (Phi) is 3.96. The first-order valence-corrected chi connectivity index (χ1v) is 5.51. The number of benzene rings is 1. The zero-order valence-electron chi connectivity index (χ0n) is 7.97. The number of rotatable bonds is 2. The van der Waals surface area contributed by atoms with E-state index in [0.717, 1.165) is 11.3 Å². The van der Waals surface area contributed by atoms with Gasteiger partial charge in [-0.1, -0.05) is 33.6 Å². The molecule has 1 aromatic carbocycles. The largest absolute Gasteiger partial charge is 0.325 e. The summed E-state index contributed by atoms with van der Waals surface area (Å²) < 4.78 is 0. The highest BCUT2D eigenvalue weighted by molar-refractivity contribution is 9.10. The minimum atomic E-state index is -0.206. The van der Waals surface area contributed by atoms with Crippen LogP contribution in [0.2, 0.25) is 5.02 Å². The molecule has 0 fully saturated rings. The van der Waals surface area contributed by atoms with Crippen molar-refractivity contribution in [3.05, 3.63) is 28.8 Å². The maximum absolute atomic E-state index is 11.3. The molecule has 0 saturated heterocycles. The SMILES string of the molecule is Cc1ccc(NC(=O)[C@H](C)Br)cc1Cl. The molecule has 0 aliphatic heterocycles. The van der Waals surface area contributed by atoms with Gasteiger partial charge >= 0.3 is 0 Å². The summed E-state index contributed by atoms with van der Waals surface area (Å²) in [4.78, 5) is 11.1. The normalized spacial score (nSPS) is 12.3. The Morgan fingerprint density at radius 3 is 2.71 bits per heavy atom. The van der Waals surface area contributed by atoms with Crippen LogP contribution in [0.1, 0.15) is 12.5 Å². The predicted octanol–water partition coefficient (Wildman–Crippen LogP) is 3.37. The Labute approximate surface area is 96.8 Å². The molecule has 0 unspecified atom stereocenters. The number of anilines is 1. The van der Waals surface area contributed by atoms with Crippen molar-refractivity contribution >= 4 is 39.1 Å². The van der Waals surface area contributed by atoms with Gasteiger partial charge in [-0.15, -0.1) is 0 Å². The summed E-state index contributed by atoms with van der Waals surface area (Å²) in [6, 6.07) is 5.44. The Hall–Kier alpha value is -0.540. The van der Waals surface area contributed by atoms with Crippen LogP contribution < -0.4 is 5.32 Å². The number of alkyl halides is 1. The van der Waals surface area contributed by atoms with Crippen LogP contribution in [0.25, 0.3) is 0 Å². The number of halogens is 2. The minimum Gasteiger partial charge on any atom is -0.325 e. The third-order valence-corrected chi connectivity index (χ3v) is 2.62. The fourth-order valence-electron chi connectivity index (χ4n) is 0.912. The van der Waals surface area contributed by atoms with Crippen molar-refractivity contribution in [3.63, 3.8) is 0 Å². The van der Waals surface area contributed by atoms with Crippen LogP contribution in [0.15, 0.2) is 18.2 Å². The van der Waals surface area contributed by atoms with Crippen molar-refractivity contribution < 1.29 is 4.79 Å². The van der Waals surface area contributed by atoms with Crippen molar-refractivity contribution in [2.45, 2.75) is 18.7 Å². The molecule has 0 bridgehead atoms. The van der Waals surface area contributed by atoms with E-state index in [1.165, 1.54) is 0 Å².